The van der Waals surface area contributed by atoms with Crippen LogP contribution >= 0.6 is 0 Å². The summed E-state index contributed by atoms with van der Waals surface area (Å²) in [6.07, 6.45) is 6.00. The van der Waals surface area contributed by atoms with E-state index in [1.165, 1.54) is 32.3 Å². The number of amides is 2. The monoisotopic (exact) mass is 453 g/mol. The second kappa shape index (κ2) is 12.2. The lowest BCUT2D eigenvalue weighted by molar-refractivity contribution is -0.149. The maximum absolute atomic E-state index is 13.5. The van der Waals surface area contributed by atoms with Crippen molar-refractivity contribution in [3.63, 3.8) is 0 Å². The van der Waals surface area contributed by atoms with E-state index in [2.05, 4.69) is 15.0 Å². The van der Waals surface area contributed by atoms with Gasteiger partial charge in [-0.15, -0.1) is 0 Å². The van der Waals surface area contributed by atoms with Crippen molar-refractivity contribution < 1.29 is 29.0 Å². The number of hydrogen-bond donors (Lipinski definition) is 4. The van der Waals surface area contributed by atoms with Gasteiger partial charge in [0.15, 0.2) is 5.96 Å². The smallest absolute Gasteiger partial charge is 0.449 e. The lowest BCUT2D eigenvalue weighted by Crippen LogP contribution is -2.59. The lowest BCUT2D eigenvalue weighted by Gasteiger charge is -2.37. The van der Waals surface area contributed by atoms with Crippen LogP contribution in [0.4, 0.5) is 4.79 Å². The van der Waals surface area contributed by atoms with Crippen molar-refractivity contribution in [2.24, 2.45) is 22.4 Å². The van der Waals surface area contributed by atoms with Gasteiger partial charge in [-0.05, 0) is 18.8 Å². The minimum absolute atomic E-state index is 0.285. The van der Waals surface area contributed by atoms with Crippen molar-refractivity contribution in [3.8, 4) is 0 Å². The number of guanidine groups is 1. The zero-order valence-corrected chi connectivity index (χ0v) is 18.8. The SMILES string of the molecule is CCCN(CCC1CCCCC1)C(=O)[C@@H]1OC(OC(=O)O)=C[C@H](N=C(N)N)[C@H]1NC(C)=O. The number of nitrogens with zero attached hydrogens (tertiary/aromatic N) is 2. The van der Waals surface area contributed by atoms with Crippen molar-refractivity contribution in [3.05, 3.63) is 12.0 Å². The number of ether oxygens (including phenoxy) is 2. The van der Waals surface area contributed by atoms with E-state index >= 15 is 0 Å². The summed E-state index contributed by atoms with van der Waals surface area (Å²) in [7, 11) is 0. The Bertz CT molecular complexity index is 730. The minimum Gasteiger partial charge on any atom is -0.449 e. The average molecular weight is 454 g/mol. The topological polar surface area (TPSA) is 170 Å². The Labute approximate surface area is 188 Å². The van der Waals surface area contributed by atoms with Crippen molar-refractivity contribution >= 4 is 23.9 Å². The molecule has 3 atom stereocenters. The van der Waals surface area contributed by atoms with Crippen molar-refractivity contribution in [1.29, 1.82) is 0 Å². The molecule has 0 aromatic heterocycles. The number of hydrogen-bond acceptors (Lipinski definition) is 6. The van der Waals surface area contributed by atoms with Gasteiger partial charge in [0.2, 0.25) is 12.0 Å². The van der Waals surface area contributed by atoms with E-state index in [0.29, 0.717) is 19.0 Å². The molecule has 32 heavy (non-hydrogen) atoms. The molecule has 1 aliphatic carbocycles. The second-order valence-corrected chi connectivity index (χ2v) is 8.28. The molecule has 0 unspecified atom stereocenters. The molecule has 1 saturated carbocycles. The summed E-state index contributed by atoms with van der Waals surface area (Å²) in [5.41, 5.74) is 11.0. The highest BCUT2D eigenvalue weighted by Gasteiger charge is 2.43. The molecule has 0 spiro atoms. The van der Waals surface area contributed by atoms with E-state index in [9.17, 15) is 14.4 Å². The maximum Gasteiger partial charge on any atom is 0.513 e. The number of carbonyl (C=O) groups excluding carboxylic acids is 2. The standard InChI is InChI=1S/C21H35N5O6/c1-3-10-26(11-9-14-7-5-4-6-8-14)19(28)18-17(24-13(2)27)15(25-20(22)23)12-16(31-18)32-21(29)30/h12,14-15,17-18H,3-11H2,1-2H3,(H,24,27)(H,29,30)(H4,22,23,25)/t15-,17+,18+/m0/s1. The van der Waals surface area contributed by atoms with Gasteiger partial charge in [-0.3, -0.25) is 9.59 Å². The van der Waals surface area contributed by atoms with Crippen LogP contribution in [0.5, 0.6) is 0 Å². The molecule has 11 heteroatoms. The van der Waals surface area contributed by atoms with Crippen LogP contribution in [0.25, 0.3) is 0 Å². The molecule has 1 fully saturated rings. The molecule has 0 saturated heterocycles. The normalized spacial score (nSPS) is 23.3. The third-order valence-electron chi connectivity index (χ3n) is 5.68. The second-order valence-electron chi connectivity index (χ2n) is 8.28. The third-order valence-corrected chi connectivity index (χ3v) is 5.68. The quantitative estimate of drug-likeness (QED) is 0.230. The number of aliphatic imine (C=N–C) groups is 1. The highest BCUT2D eigenvalue weighted by Crippen LogP contribution is 2.28. The van der Waals surface area contributed by atoms with Crippen molar-refractivity contribution in [1.82, 2.24) is 10.2 Å². The highest BCUT2D eigenvalue weighted by atomic mass is 16.7. The Hall–Kier alpha value is -2.98. The summed E-state index contributed by atoms with van der Waals surface area (Å²) in [5.74, 6) is -0.901. The van der Waals surface area contributed by atoms with Gasteiger partial charge in [0.25, 0.3) is 11.9 Å². The van der Waals surface area contributed by atoms with Gasteiger partial charge >= 0.3 is 6.16 Å². The molecule has 2 amide bonds. The first-order chi connectivity index (χ1) is 15.2. The van der Waals surface area contributed by atoms with E-state index < -0.39 is 36.2 Å². The van der Waals surface area contributed by atoms with Gasteiger partial charge in [-0.25, -0.2) is 9.79 Å². The molecule has 0 aromatic rings. The first kappa shape index (κ1) is 25.3. The molecule has 180 valence electrons. The van der Waals surface area contributed by atoms with E-state index in [1.807, 2.05) is 6.92 Å². The van der Waals surface area contributed by atoms with Crippen LogP contribution in [0.2, 0.25) is 0 Å². The Morgan fingerprint density at radius 1 is 1.25 bits per heavy atom. The first-order valence-corrected chi connectivity index (χ1v) is 11.1. The van der Waals surface area contributed by atoms with E-state index in [0.717, 1.165) is 25.7 Å². The molecule has 2 aliphatic rings. The van der Waals surface area contributed by atoms with Crippen LogP contribution in [-0.4, -0.2) is 65.2 Å². The average Bonchev–Trinajstić information content (AvgIpc) is 2.72. The summed E-state index contributed by atoms with van der Waals surface area (Å²) >= 11 is 0. The molecular weight excluding hydrogens is 418 g/mol. The third kappa shape index (κ3) is 7.61. The number of nitrogens with one attached hydrogen (secondary N) is 1. The van der Waals surface area contributed by atoms with Crippen LogP contribution in [-0.2, 0) is 19.1 Å². The number of carbonyl (C=O) groups is 3. The predicted octanol–water partition coefficient (Wildman–Crippen LogP) is 1.28. The Morgan fingerprint density at radius 2 is 1.94 bits per heavy atom. The van der Waals surface area contributed by atoms with E-state index in [1.54, 1.807) is 4.90 Å². The molecule has 11 nitrogen and oxygen atoms in total. The number of carboxylic acid groups (broad SMARTS) is 1. The van der Waals surface area contributed by atoms with Crippen molar-refractivity contribution in [2.75, 3.05) is 13.1 Å². The number of nitrogens with two attached hydrogens (primary N) is 2. The van der Waals surface area contributed by atoms with Crippen LogP contribution in [0.1, 0.15) is 58.8 Å². The lowest BCUT2D eigenvalue weighted by atomic mass is 9.87. The van der Waals surface area contributed by atoms with E-state index in [-0.39, 0.29) is 11.9 Å². The fourth-order valence-corrected chi connectivity index (χ4v) is 4.29. The Kier molecular flexibility index (Phi) is 9.61. The summed E-state index contributed by atoms with van der Waals surface area (Å²) in [5, 5.41) is 11.7. The van der Waals surface area contributed by atoms with E-state index in [4.69, 9.17) is 21.3 Å². The van der Waals surface area contributed by atoms with Crippen molar-refractivity contribution in [2.45, 2.75) is 77.0 Å². The molecule has 1 heterocycles. The molecule has 0 aromatic carbocycles. The minimum atomic E-state index is -1.61. The van der Waals surface area contributed by atoms with Crippen LogP contribution in [0.15, 0.2) is 17.0 Å². The first-order valence-electron chi connectivity index (χ1n) is 11.1. The molecule has 2 rings (SSSR count). The Balaban J connectivity index is 2.28. The van der Waals surface area contributed by atoms with Crippen LogP contribution in [0.3, 0.4) is 0 Å². The van der Waals surface area contributed by atoms with Gasteiger partial charge in [0.05, 0.1) is 0 Å². The number of rotatable bonds is 9. The largest absolute Gasteiger partial charge is 0.513 e. The summed E-state index contributed by atoms with van der Waals surface area (Å²) in [4.78, 5) is 42.2. The van der Waals surface area contributed by atoms with Gasteiger partial charge in [0.1, 0.15) is 12.1 Å². The fourth-order valence-electron chi connectivity index (χ4n) is 4.29. The fraction of sp³-hybridized carbons (Fsp3) is 0.714. The molecule has 0 bridgehead atoms. The van der Waals surface area contributed by atoms with Gasteiger partial charge in [0, 0.05) is 26.1 Å². The molecular formula is C21H35N5O6. The van der Waals surface area contributed by atoms with Crippen LogP contribution in [0, 0.1) is 5.92 Å². The maximum atomic E-state index is 13.5. The zero-order chi connectivity index (χ0) is 23.7. The summed E-state index contributed by atoms with van der Waals surface area (Å²) < 4.78 is 10.3. The van der Waals surface area contributed by atoms with Gasteiger partial charge in [-0.1, -0.05) is 39.0 Å². The molecule has 6 N–H and O–H groups in total. The summed E-state index contributed by atoms with van der Waals surface area (Å²) in [6.45, 7) is 4.32. The summed E-state index contributed by atoms with van der Waals surface area (Å²) in [6, 6.07) is -1.87. The predicted molar refractivity (Wildman–Crippen MR) is 117 cm³/mol. The zero-order valence-electron chi connectivity index (χ0n) is 18.8. The highest BCUT2D eigenvalue weighted by molar-refractivity contribution is 5.84. The van der Waals surface area contributed by atoms with Gasteiger partial charge < -0.3 is 36.3 Å². The van der Waals surface area contributed by atoms with Gasteiger partial charge in [-0.2, -0.15) is 0 Å². The van der Waals surface area contributed by atoms with Crippen LogP contribution < -0.4 is 16.8 Å². The molecule has 1 aliphatic heterocycles. The molecule has 0 radical (unpaired) electrons. The Morgan fingerprint density at radius 3 is 2.50 bits per heavy atom.